The van der Waals surface area contributed by atoms with Crippen molar-refractivity contribution in [1.82, 2.24) is 9.36 Å². The second kappa shape index (κ2) is 4.90. The summed E-state index contributed by atoms with van der Waals surface area (Å²) >= 11 is 1.25. The summed E-state index contributed by atoms with van der Waals surface area (Å²) < 4.78 is 3.99. The quantitative estimate of drug-likeness (QED) is 0.775. The van der Waals surface area contributed by atoms with Gasteiger partial charge in [0.05, 0.1) is 5.92 Å². The van der Waals surface area contributed by atoms with Gasteiger partial charge in [0.1, 0.15) is 5.82 Å². The minimum Gasteiger partial charge on any atom is -0.481 e. The van der Waals surface area contributed by atoms with Crippen LogP contribution in [0.3, 0.4) is 0 Å². The summed E-state index contributed by atoms with van der Waals surface area (Å²) in [7, 11) is 0. The molecule has 0 saturated heterocycles. The third-order valence-corrected chi connectivity index (χ3v) is 2.63. The average Bonchev–Trinajstić information content (AvgIpc) is 2.52. The standard InChI is InChI=1S/C8H13N3O2S/c1-3-6(7(12)13)4-9-8-10-5(2)11-14-8/h6H,3-4H2,1-2H3,(H,12,13)(H,9,10,11). The molecule has 1 unspecified atom stereocenters. The van der Waals surface area contributed by atoms with Crippen LogP contribution in [-0.4, -0.2) is 27.0 Å². The minimum atomic E-state index is -0.777. The fraction of sp³-hybridized carbons (Fsp3) is 0.625. The van der Waals surface area contributed by atoms with Crippen LogP contribution in [0, 0.1) is 12.8 Å². The second-order valence-corrected chi connectivity index (χ2v) is 3.72. The van der Waals surface area contributed by atoms with E-state index in [0.717, 1.165) is 0 Å². The lowest BCUT2D eigenvalue weighted by molar-refractivity contribution is -0.141. The molecule has 0 aliphatic rings. The van der Waals surface area contributed by atoms with Crippen LogP contribution in [0.25, 0.3) is 0 Å². The molecule has 1 rings (SSSR count). The van der Waals surface area contributed by atoms with Crippen molar-refractivity contribution < 1.29 is 9.90 Å². The lowest BCUT2D eigenvalue weighted by atomic mass is 10.1. The van der Waals surface area contributed by atoms with Crippen LogP contribution >= 0.6 is 11.5 Å². The first-order valence-corrected chi connectivity index (χ1v) is 5.17. The van der Waals surface area contributed by atoms with E-state index >= 15 is 0 Å². The molecule has 0 spiro atoms. The van der Waals surface area contributed by atoms with E-state index in [9.17, 15) is 4.79 Å². The molecule has 5 nitrogen and oxygen atoms in total. The molecular weight excluding hydrogens is 202 g/mol. The van der Waals surface area contributed by atoms with Gasteiger partial charge in [0.25, 0.3) is 0 Å². The van der Waals surface area contributed by atoms with Crippen LogP contribution < -0.4 is 5.32 Å². The molecule has 6 heteroatoms. The van der Waals surface area contributed by atoms with Crippen LogP contribution in [0.2, 0.25) is 0 Å². The van der Waals surface area contributed by atoms with E-state index in [-0.39, 0.29) is 5.92 Å². The van der Waals surface area contributed by atoms with E-state index in [4.69, 9.17) is 5.11 Å². The molecule has 1 atom stereocenters. The first-order chi connectivity index (χ1) is 6.63. The van der Waals surface area contributed by atoms with E-state index in [2.05, 4.69) is 14.7 Å². The van der Waals surface area contributed by atoms with Gasteiger partial charge in [0.15, 0.2) is 0 Å². The number of carbonyl (C=O) groups is 1. The largest absolute Gasteiger partial charge is 0.481 e. The van der Waals surface area contributed by atoms with Gasteiger partial charge in [-0.1, -0.05) is 6.92 Å². The SMILES string of the molecule is CCC(CNc1nc(C)ns1)C(=O)O. The molecule has 0 aromatic carbocycles. The Morgan fingerprint density at radius 3 is 2.86 bits per heavy atom. The third-order valence-electron chi connectivity index (χ3n) is 1.87. The maximum atomic E-state index is 10.7. The van der Waals surface area contributed by atoms with E-state index < -0.39 is 5.97 Å². The molecule has 0 aliphatic carbocycles. The fourth-order valence-corrected chi connectivity index (χ4v) is 1.57. The second-order valence-electron chi connectivity index (χ2n) is 2.97. The van der Waals surface area contributed by atoms with Crippen LogP contribution in [0.1, 0.15) is 19.2 Å². The monoisotopic (exact) mass is 215 g/mol. The lowest BCUT2D eigenvalue weighted by Crippen LogP contribution is -2.21. The van der Waals surface area contributed by atoms with Crippen molar-refractivity contribution in [3.05, 3.63) is 5.82 Å². The Hall–Kier alpha value is -1.17. The maximum Gasteiger partial charge on any atom is 0.308 e. The molecule has 78 valence electrons. The summed E-state index contributed by atoms with van der Waals surface area (Å²) in [4.78, 5) is 14.8. The van der Waals surface area contributed by atoms with Crippen molar-refractivity contribution >= 4 is 22.6 Å². The van der Waals surface area contributed by atoms with Gasteiger partial charge in [-0.15, -0.1) is 0 Å². The molecule has 2 N–H and O–H groups in total. The Labute approximate surface area is 86.3 Å². The number of nitrogens with zero attached hydrogens (tertiary/aromatic N) is 2. The van der Waals surface area contributed by atoms with E-state index in [0.29, 0.717) is 23.9 Å². The van der Waals surface area contributed by atoms with Gasteiger partial charge in [0, 0.05) is 18.1 Å². The van der Waals surface area contributed by atoms with Crippen molar-refractivity contribution in [3.63, 3.8) is 0 Å². The number of aliphatic carboxylic acids is 1. The van der Waals surface area contributed by atoms with Gasteiger partial charge in [-0.05, 0) is 13.3 Å². The number of hydrogen-bond donors (Lipinski definition) is 2. The minimum absolute atomic E-state index is 0.362. The Balaban J connectivity index is 2.43. The number of carboxylic acids is 1. The zero-order valence-electron chi connectivity index (χ0n) is 8.15. The number of anilines is 1. The highest BCUT2D eigenvalue weighted by molar-refractivity contribution is 7.09. The van der Waals surface area contributed by atoms with Gasteiger partial charge in [-0.2, -0.15) is 4.37 Å². The van der Waals surface area contributed by atoms with Crippen molar-refractivity contribution in [2.45, 2.75) is 20.3 Å². The summed E-state index contributed by atoms with van der Waals surface area (Å²) in [5.41, 5.74) is 0. The number of nitrogens with one attached hydrogen (secondary N) is 1. The third kappa shape index (κ3) is 2.95. The zero-order chi connectivity index (χ0) is 10.6. The lowest BCUT2D eigenvalue weighted by Gasteiger charge is -2.09. The number of carboxylic acid groups (broad SMARTS) is 1. The Morgan fingerprint density at radius 1 is 1.71 bits per heavy atom. The maximum absolute atomic E-state index is 10.7. The molecule has 0 aliphatic heterocycles. The smallest absolute Gasteiger partial charge is 0.308 e. The number of rotatable bonds is 5. The van der Waals surface area contributed by atoms with Crippen molar-refractivity contribution in [3.8, 4) is 0 Å². The topological polar surface area (TPSA) is 75.1 Å². The molecule has 1 aromatic rings. The predicted molar refractivity (Wildman–Crippen MR) is 54.6 cm³/mol. The molecule has 0 amide bonds. The van der Waals surface area contributed by atoms with Gasteiger partial charge in [-0.3, -0.25) is 4.79 Å². The highest BCUT2D eigenvalue weighted by Crippen LogP contribution is 2.11. The Bertz CT molecular complexity index is 313. The van der Waals surface area contributed by atoms with Gasteiger partial charge < -0.3 is 10.4 Å². The fourth-order valence-electron chi connectivity index (χ4n) is 0.986. The summed E-state index contributed by atoms with van der Waals surface area (Å²) in [5, 5.41) is 12.4. The average molecular weight is 215 g/mol. The highest BCUT2D eigenvalue weighted by atomic mass is 32.1. The van der Waals surface area contributed by atoms with Gasteiger partial charge in [0.2, 0.25) is 5.13 Å². The summed E-state index contributed by atoms with van der Waals surface area (Å²) in [6.45, 7) is 4.06. The summed E-state index contributed by atoms with van der Waals surface area (Å²) in [6, 6.07) is 0. The van der Waals surface area contributed by atoms with E-state index in [1.54, 1.807) is 6.92 Å². The molecule has 1 heterocycles. The highest BCUT2D eigenvalue weighted by Gasteiger charge is 2.14. The molecule has 0 bridgehead atoms. The molecule has 14 heavy (non-hydrogen) atoms. The van der Waals surface area contributed by atoms with Crippen molar-refractivity contribution in [1.29, 1.82) is 0 Å². The summed E-state index contributed by atoms with van der Waals surface area (Å²) in [5.74, 6) is -0.429. The number of aryl methyl sites for hydroxylation is 1. The number of hydrogen-bond acceptors (Lipinski definition) is 5. The predicted octanol–water partition coefficient (Wildman–Crippen LogP) is 1.37. The van der Waals surface area contributed by atoms with E-state index in [1.165, 1.54) is 11.5 Å². The normalized spacial score (nSPS) is 12.4. The Morgan fingerprint density at radius 2 is 2.43 bits per heavy atom. The molecule has 0 radical (unpaired) electrons. The van der Waals surface area contributed by atoms with Crippen molar-refractivity contribution in [2.75, 3.05) is 11.9 Å². The first-order valence-electron chi connectivity index (χ1n) is 4.40. The van der Waals surface area contributed by atoms with Gasteiger partial charge in [-0.25, -0.2) is 4.98 Å². The molecule has 1 aromatic heterocycles. The molecular formula is C8H13N3O2S. The first kappa shape index (κ1) is 10.9. The molecule has 0 fully saturated rings. The van der Waals surface area contributed by atoms with Crippen LogP contribution in [-0.2, 0) is 4.79 Å². The zero-order valence-corrected chi connectivity index (χ0v) is 8.97. The number of aromatic nitrogens is 2. The Kier molecular flexibility index (Phi) is 3.82. The molecule has 0 saturated carbocycles. The van der Waals surface area contributed by atoms with Crippen LogP contribution in [0.4, 0.5) is 5.13 Å². The van der Waals surface area contributed by atoms with Crippen LogP contribution in [0.15, 0.2) is 0 Å². The van der Waals surface area contributed by atoms with Gasteiger partial charge >= 0.3 is 5.97 Å². The van der Waals surface area contributed by atoms with E-state index in [1.807, 2.05) is 6.92 Å². The van der Waals surface area contributed by atoms with Crippen LogP contribution in [0.5, 0.6) is 0 Å². The van der Waals surface area contributed by atoms with Crippen molar-refractivity contribution in [2.24, 2.45) is 5.92 Å². The summed E-state index contributed by atoms with van der Waals surface area (Å²) in [6.07, 6.45) is 0.611.